The van der Waals surface area contributed by atoms with Crippen molar-refractivity contribution in [3.8, 4) is 0 Å². The minimum atomic E-state index is 0.203. The van der Waals surface area contributed by atoms with Gasteiger partial charge in [-0.15, -0.1) is 11.3 Å². The summed E-state index contributed by atoms with van der Waals surface area (Å²) in [5, 5.41) is 6.92. The van der Waals surface area contributed by atoms with Crippen LogP contribution in [0.25, 0.3) is 0 Å². The molecule has 3 heteroatoms. The predicted molar refractivity (Wildman–Crippen MR) is 92.3 cm³/mol. The molecule has 0 bridgehead atoms. The molecular formula is C18H26N2S. The maximum atomic E-state index is 4.82. The molecule has 0 aliphatic heterocycles. The highest BCUT2D eigenvalue weighted by molar-refractivity contribution is 7.09. The molecule has 0 spiro atoms. The molecule has 1 unspecified atom stereocenters. The fraction of sp³-hybridized carbons (Fsp3) is 0.500. The van der Waals surface area contributed by atoms with E-state index in [0.717, 1.165) is 11.6 Å². The molecule has 0 aliphatic carbocycles. The van der Waals surface area contributed by atoms with Gasteiger partial charge < -0.3 is 5.32 Å². The van der Waals surface area contributed by atoms with Crippen LogP contribution < -0.4 is 5.32 Å². The lowest BCUT2D eigenvalue weighted by atomic mass is 9.99. The van der Waals surface area contributed by atoms with Gasteiger partial charge in [0.05, 0.1) is 11.7 Å². The molecule has 21 heavy (non-hydrogen) atoms. The fourth-order valence-electron chi connectivity index (χ4n) is 2.32. The zero-order valence-corrected chi connectivity index (χ0v) is 14.5. The Labute approximate surface area is 132 Å². The predicted octanol–water partition coefficient (Wildman–Crippen LogP) is 5.09. The van der Waals surface area contributed by atoms with Gasteiger partial charge in [-0.05, 0) is 29.5 Å². The monoisotopic (exact) mass is 302 g/mol. The van der Waals surface area contributed by atoms with Crippen LogP contribution in [0.3, 0.4) is 0 Å². The van der Waals surface area contributed by atoms with Crippen LogP contribution in [0.1, 0.15) is 74.3 Å². The maximum Gasteiger partial charge on any atom is 0.114 e. The van der Waals surface area contributed by atoms with Crippen molar-refractivity contribution in [1.82, 2.24) is 10.3 Å². The summed E-state index contributed by atoms with van der Waals surface area (Å²) in [6.45, 7) is 11.9. The number of hydrogen-bond donors (Lipinski definition) is 1. The zero-order chi connectivity index (χ0) is 15.4. The standard InChI is InChI=1S/C18H26N2S/c1-6-19-17(18-20-16(11-21-18)13(4)5)15-9-7-14(8-10-15)12(2)3/h7-13,17,19H,6H2,1-5H3. The smallest absolute Gasteiger partial charge is 0.114 e. The molecule has 1 atom stereocenters. The van der Waals surface area contributed by atoms with Crippen molar-refractivity contribution in [3.63, 3.8) is 0 Å². The molecule has 0 aliphatic rings. The summed E-state index contributed by atoms with van der Waals surface area (Å²) in [5.41, 5.74) is 3.87. The van der Waals surface area contributed by atoms with E-state index in [1.54, 1.807) is 11.3 Å². The molecule has 0 fully saturated rings. The van der Waals surface area contributed by atoms with E-state index < -0.39 is 0 Å². The van der Waals surface area contributed by atoms with Crippen LogP contribution in [0.15, 0.2) is 29.6 Å². The van der Waals surface area contributed by atoms with Crippen LogP contribution in [0, 0.1) is 0 Å². The van der Waals surface area contributed by atoms with E-state index in [0.29, 0.717) is 11.8 Å². The first-order valence-corrected chi connectivity index (χ1v) is 8.69. The van der Waals surface area contributed by atoms with Gasteiger partial charge in [-0.1, -0.05) is 58.9 Å². The van der Waals surface area contributed by atoms with E-state index in [2.05, 4.69) is 69.6 Å². The summed E-state index contributed by atoms with van der Waals surface area (Å²) in [6.07, 6.45) is 0. The summed E-state index contributed by atoms with van der Waals surface area (Å²) in [6, 6.07) is 9.15. The molecule has 2 nitrogen and oxygen atoms in total. The fourth-order valence-corrected chi connectivity index (χ4v) is 3.40. The molecule has 2 aromatic rings. The lowest BCUT2D eigenvalue weighted by Gasteiger charge is -2.17. The Morgan fingerprint density at radius 3 is 2.10 bits per heavy atom. The molecule has 0 radical (unpaired) electrons. The second-order valence-corrected chi connectivity index (χ2v) is 6.97. The van der Waals surface area contributed by atoms with Crippen molar-refractivity contribution in [2.45, 2.75) is 52.5 Å². The third kappa shape index (κ3) is 3.92. The Morgan fingerprint density at radius 2 is 1.62 bits per heavy atom. The van der Waals surface area contributed by atoms with E-state index in [1.807, 2.05) is 0 Å². The summed E-state index contributed by atoms with van der Waals surface area (Å²) in [5.74, 6) is 1.06. The number of hydrogen-bond acceptors (Lipinski definition) is 3. The minimum absolute atomic E-state index is 0.203. The van der Waals surface area contributed by atoms with Gasteiger partial charge >= 0.3 is 0 Å². The highest BCUT2D eigenvalue weighted by Crippen LogP contribution is 2.28. The SMILES string of the molecule is CCNC(c1ccc(C(C)C)cc1)c1nc(C(C)C)cs1. The van der Waals surface area contributed by atoms with Gasteiger partial charge in [0.15, 0.2) is 0 Å². The van der Waals surface area contributed by atoms with Crippen LogP contribution >= 0.6 is 11.3 Å². The molecule has 0 saturated heterocycles. The van der Waals surface area contributed by atoms with Crippen molar-refractivity contribution in [3.05, 3.63) is 51.5 Å². The number of benzene rings is 1. The summed E-state index contributed by atoms with van der Waals surface area (Å²) < 4.78 is 0. The van der Waals surface area contributed by atoms with Gasteiger partial charge in [-0.25, -0.2) is 4.98 Å². The summed E-state index contributed by atoms with van der Waals surface area (Å²) in [7, 11) is 0. The Morgan fingerprint density at radius 1 is 1.00 bits per heavy atom. The topological polar surface area (TPSA) is 24.9 Å². The van der Waals surface area contributed by atoms with Gasteiger partial charge in [0, 0.05) is 5.38 Å². The average molecular weight is 302 g/mol. The van der Waals surface area contributed by atoms with Crippen molar-refractivity contribution < 1.29 is 0 Å². The Hall–Kier alpha value is -1.19. The second kappa shape index (κ2) is 7.19. The summed E-state index contributed by atoms with van der Waals surface area (Å²) in [4.78, 5) is 4.82. The van der Waals surface area contributed by atoms with Gasteiger partial charge in [0.1, 0.15) is 5.01 Å². The van der Waals surface area contributed by atoms with Crippen LogP contribution in [-0.2, 0) is 0 Å². The van der Waals surface area contributed by atoms with Crippen LogP contribution in [-0.4, -0.2) is 11.5 Å². The van der Waals surface area contributed by atoms with E-state index in [1.165, 1.54) is 16.8 Å². The quantitative estimate of drug-likeness (QED) is 0.804. The first-order valence-electron chi connectivity index (χ1n) is 7.81. The Balaban J connectivity index is 2.28. The number of thiazole rings is 1. The van der Waals surface area contributed by atoms with Crippen molar-refractivity contribution in [1.29, 1.82) is 0 Å². The van der Waals surface area contributed by atoms with Crippen LogP contribution in [0.2, 0.25) is 0 Å². The van der Waals surface area contributed by atoms with Crippen molar-refractivity contribution in [2.24, 2.45) is 0 Å². The zero-order valence-electron chi connectivity index (χ0n) is 13.7. The molecule has 0 amide bonds. The molecule has 1 aromatic heterocycles. The summed E-state index contributed by atoms with van der Waals surface area (Å²) >= 11 is 1.76. The van der Waals surface area contributed by atoms with Gasteiger partial charge in [-0.2, -0.15) is 0 Å². The molecule has 2 rings (SSSR count). The maximum absolute atomic E-state index is 4.82. The molecule has 1 N–H and O–H groups in total. The molecule has 1 heterocycles. The number of rotatable bonds is 6. The first kappa shape index (κ1) is 16.2. The van der Waals surface area contributed by atoms with Crippen molar-refractivity contribution in [2.75, 3.05) is 6.54 Å². The van der Waals surface area contributed by atoms with Crippen LogP contribution in [0.5, 0.6) is 0 Å². The molecule has 114 valence electrons. The van der Waals surface area contributed by atoms with Gasteiger partial charge in [0.25, 0.3) is 0 Å². The normalized spacial score (nSPS) is 13.1. The average Bonchev–Trinajstić information content (AvgIpc) is 2.94. The number of nitrogens with one attached hydrogen (secondary N) is 1. The lowest BCUT2D eigenvalue weighted by Crippen LogP contribution is -2.22. The van der Waals surface area contributed by atoms with E-state index in [4.69, 9.17) is 4.98 Å². The molecule has 1 aromatic carbocycles. The first-order chi connectivity index (χ1) is 10.0. The highest BCUT2D eigenvalue weighted by atomic mass is 32.1. The Bertz CT molecular complexity index is 555. The van der Waals surface area contributed by atoms with E-state index in [-0.39, 0.29) is 6.04 Å². The molecular weight excluding hydrogens is 276 g/mol. The second-order valence-electron chi connectivity index (χ2n) is 6.08. The van der Waals surface area contributed by atoms with Crippen LogP contribution in [0.4, 0.5) is 0 Å². The Kier molecular flexibility index (Phi) is 5.54. The minimum Gasteiger partial charge on any atom is -0.305 e. The van der Waals surface area contributed by atoms with Crippen molar-refractivity contribution >= 4 is 11.3 Å². The van der Waals surface area contributed by atoms with E-state index in [9.17, 15) is 0 Å². The van der Waals surface area contributed by atoms with Gasteiger partial charge in [0.2, 0.25) is 0 Å². The third-order valence-corrected chi connectivity index (χ3v) is 4.65. The number of aromatic nitrogens is 1. The van der Waals surface area contributed by atoms with E-state index >= 15 is 0 Å². The van der Waals surface area contributed by atoms with Gasteiger partial charge in [-0.3, -0.25) is 0 Å². The highest BCUT2D eigenvalue weighted by Gasteiger charge is 2.18. The number of nitrogens with zero attached hydrogens (tertiary/aromatic N) is 1. The third-order valence-electron chi connectivity index (χ3n) is 3.72. The lowest BCUT2D eigenvalue weighted by molar-refractivity contribution is 0.623. The molecule has 0 saturated carbocycles. The largest absolute Gasteiger partial charge is 0.305 e.